The van der Waals surface area contributed by atoms with Gasteiger partial charge in [0.1, 0.15) is 5.82 Å². The van der Waals surface area contributed by atoms with E-state index in [0.29, 0.717) is 45.0 Å². The number of hydrogen-bond acceptors (Lipinski definition) is 6. The number of morpholine rings is 1. The van der Waals surface area contributed by atoms with Crippen LogP contribution in [0.25, 0.3) is 5.95 Å². The molecule has 0 amide bonds. The van der Waals surface area contributed by atoms with E-state index >= 15 is 0 Å². The van der Waals surface area contributed by atoms with Crippen molar-refractivity contribution in [2.24, 2.45) is 5.92 Å². The SMILES string of the molecule is COCC1CN(c2cc(CC3CCC(F)(F)CC3)nc(-n3nc(C)cc3C)n2)CCO1. The number of hydrogen-bond donors (Lipinski definition) is 0. The fourth-order valence-corrected chi connectivity index (χ4v) is 4.48. The maximum absolute atomic E-state index is 13.6. The van der Waals surface area contributed by atoms with Gasteiger partial charge in [-0.2, -0.15) is 10.1 Å². The lowest BCUT2D eigenvalue weighted by molar-refractivity contribution is -0.0457. The summed E-state index contributed by atoms with van der Waals surface area (Å²) in [6.07, 6.45) is 1.62. The van der Waals surface area contributed by atoms with Crippen molar-refractivity contribution in [3.63, 3.8) is 0 Å². The summed E-state index contributed by atoms with van der Waals surface area (Å²) in [6.45, 7) is 6.44. The number of anilines is 1. The normalized spacial score (nSPS) is 22.1. The monoisotopic (exact) mass is 435 g/mol. The number of rotatable bonds is 6. The summed E-state index contributed by atoms with van der Waals surface area (Å²) >= 11 is 0. The lowest BCUT2D eigenvalue weighted by Crippen LogP contribution is -2.45. The molecule has 9 heteroatoms. The fourth-order valence-electron chi connectivity index (χ4n) is 4.48. The first-order valence-electron chi connectivity index (χ1n) is 11.0. The van der Waals surface area contributed by atoms with Gasteiger partial charge in [-0.05, 0) is 45.1 Å². The Morgan fingerprint density at radius 1 is 1.19 bits per heavy atom. The molecule has 170 valence electrons. The number of aryl methyl sites for hydroxylation is 2. The van der Waals surface area contributed by atoms with Crippen molar-refractivity contribution in [1.82, 2.24) is 19.7 Å². The van der Waals surface area contributed by atoms with E-state index < -0.39 is 5.92 Å². The van der Waals surface area contributed by atoms with E-state index in [2.05, 4.69) is 10.00 Å². The zero-order chi connectivity index (χ0) is 22.0. The van der Waals surface area contributed by atoms with Crippen LogP contribution in [0.15, 0.2) is 12.1 Å². The van der Waals surface area contributed by atoms with E-state index in [1.165, 1.54) is 0 Å². The Balaban J connectivity index is 1.62. The van der Waals surface area contributed by atoms with Crippen LogP contribution < -0.4 is 4.90 Å². The Morgan fingerprint density at radius 3 is 2.65 bits per heavy atom. The van der Waals surface area contributed by atoms with Crippen LogP contribution in [0.3, 0.4) is 0 Å². The number of halogens is 2. The smallest absolute Gasteiger partial charge is 0.252 e. The minimum atomic E-state index is -2.52. The van der Waals surface area contributed by atoms with Crippen LogP contribution >= 0.6 is 0 Å². The summed E-state index contributed by atoms with van der Waals surface area (Å²) in [5, 5.41) is 4.55. The van der Waals surface area contributed by atoms with Crippen LogP contribution in [0, 0.1) is 19.8 Å². The van der Waals surface area contributed by atoms with Gasteiger partial charge >= 0.3 is 0 Å². The molecule has 1 aliphatic heterocycles. The van der Waals surface area contributed by atoms with Crippen molar-refractivity contribution in [2.75, 3.05) is 38.3 Å². The minimum Gasteiger partial charge on any atom is -0.382 e. The van der Waals surface area contributed by atoms with Crippen LogP contribution in [0.4, 0.5) is 14.6 Å². The number of ether oxygens (including phenoxy) is 2. The third-order valence-electron chi connectivity index (χ3n) is 6.10. The molecule has 2 fully saturated rings. The first-order valence-corrected chi connectivity index (χ1v) is 11.0. The summed E-state index contributed by atoms with van der Waals surface area (Å²) in [4.78, 5) is 11.8. The van der Waals surface area contributed by atoms with Crippen molar-refractivity contribution in [1.29, 1.82) is 0 Å². The van der Waals surface area contributed by atoms with E-state index in [0.717, 1.165) is 29.4 Å². The first-order chi connectivity index (χ1) is 14.8. The molecule has 2 aromatic rings. The van der Waals surface area contributed by atoms with Gasteiger partial charge in [-0.1, -0.05) is 0 Å². The molecule has 4 rings (SSSR count). The molecule has 0 radical (unpaired) electrons. The maximum Gasteiger partial charge on any atom is 0.252 e. The highest BCUT2D eigenvalue weighted by atomic mass is 19.3. The van der Waals surface area contributed by atoms with Gasteiger partial charge in [-0.15, -0.1) is 0 Å². The molecule has 1 aliphatic carbocycles. The van der Waals surface area contributed by atoms with Gasteiger partial charge < -0.3 is 14.4 Å². The molecule has 1 saturated heterocycles. The Hall–Kier alpha value is -2.13. The van der Waals surface area contributed by atoms with Gasteiger partial charge in [0, 0.05) is 50.5 Å². The van der Waals surface area contributed by atoms with Crippen molar-refractivity contribution in [3.05, 3.63) is 29.2 Å². The molecule has 1 atom stereocenters. The zero-order valence-electron chi connectivity index (χ0n) is 18.5. The molecular formula is C22H31F2N5O2. The fraction of sp³-hybridized carbons (Fsp3) is 0.682. The molecule has 2 aromatic heterocycles. The maximum atomic E-state index is 13.6. The summed E-state index contributed by atoms with van der Waals surface area (Å²) in [5.41, 5.74) is 2.73. The predicted octanol–water partition coefficient (Wildman–Crippen LogP) is 3.50. The summed E-state index contributed by atoms with van der Waals surface area (Å²) < 4.78 is 40.0. The van der Waals surface area contributed by atoms with Crippen molar-refractivity contribution >= 4 is 5.82 Å². The van der Waals surface area contributed by atoms with Crippen LogP contribution in [0.5, 0.6) is 0 Å². The summed E-state index contributed by atoms with van der Waals surface area (Å²) in [6, 6.07) is 3.99. The summed E-state index contributed by atoms with van der Waals surface area (Å²) in [5.74, 6) is -0.972. The standard InChI is InChI=1S/C22H31F2N5O2/c1-15-10-16(2)29(27-15)21-25-18(11-17-4-6-22(23,24)7-5-17)12-20(26-21)28-8-9-31-19(13-28)14-30-3/h10,12,17,19H,4-9,11,13-14H2,1-3H3. The van der Waals surface area contributed by atoms with Crippen molar-refractivity contribution < 1.29 is 18.3 Å². The van der Waals surface area contributed by atoms with E-state index in [1.807, 2.05) is 26.0 Å². The second-order valence-corrected chi connectivity index (χ2v) is 8.75. The number of aromatic nitrogens is 4. The number of alkyl halides is 2. The molecule has 31 heavy (non-hydrogen) atoms. The molecule has 0 aromatic carbocycles. The van der Waals surface area contributed by atoms with Gasteiger partial charge in [0.05, 0.1) is 25.0 Å². The van der Waals surface area contributed by atoms with Gasteiger partial charge in [0.25, 0.3) is 5.95 Å². The highest BCUT2D eigenvalue weighted by molar-refractivity contribution is 5.43. The first kappa shape index (κ1) is 22.1. The Kier molecular flexibility index (Phi) is 6.52. The van der Waals surface area contributed by atoms with E-state index in [4.69, 9.17) is 19.4 Å². The molecule has 0 spiro atoms. The number of methoxy groups -OCH3 is 1. The highest BCUT2D eigenvalue weighted by Crippen LogP contribution is 2.37. The Labute approximate surface area is 181 Å². The van der Waals surface area contributed by atoms with Crippen LogP contribution in [0.2, 0.25) is 0 Å². The van der Waals surface area contributed by atoms with E-state index in [-0.39, 0.29) is 24.9 Å². The highest BCUT2D eigenvalue weighted by Gasteiger charge is 2.35. The van der Waals surface area contributed by atoms with Crippen LogP contribution in [0.1, 0.15) is 42.8 Å². The molecule has 1 saturated carbocycles. The quantitative estimate of drug-likeness (QED) is 0.692. The Morgan fingerprint density at radius 2 is 1.97 bits per heavy atom. The topological polar surface area (TPSA) is 65.3 Å². The average molecular weight is 436 g/mol. The van der Waals surface area contributed by atoms with Gasteiger partial charge in [-0.25, -0.2) is 18.4 Å². The van der Waals surface area contributed by atoms with Crippen LogP contribution in [-0.4, -0.2) is 65.2 Å². The minimum absolute atomic E-state index is 0.0186. The van der Waals surface area contributed by atoms with Gasteiger partial charge in [-0.3, -0.25) is 0 Å². The molecule has 0 bridgehead atoms. The lowest BCUT2D eigenvalue weighted by atomic mass is 9.84. The Bertz CT molecular complexity index is 892. The molecule has 1 unspecified atom stereocenters. The predicted molar refractivity (Wildman–Crippen MR) is 113 cm³/mol. The van der Waals surface area contributed by atoms with Gasteiger partial charge in [0.15, 0.2) is 0 Å². The largest absolute Gasteiger partial charge is 0.382 e. The number of nitrogens with zero attached hydrogens (tertiary/aromatic N) is 5. The van der Waals surface area contributed by atoms with Gasteiger partial charge in [0.2, 0.25) is 5.92 Å². The van der Waals surface area contributed by atoms with E-state index in [9.17, 15) is 8.78 Å². The zero-order valence-corrected chi connectivity index (χ0v) is 18.5. The third kappa shape index (κ3) is 5.38. The van der Waals surface area contributed by atoms with E-state index in [1.54, 1.807) is 11.8 Å². The molecule has 0 N–H and O–H groups in total. The van der Waals surface area contributed by atoms with Crippen LogP contribution in [-0.2, 0) is 15.9 Å². The lowest BCUT2D eigenvalue weighted by Gasteiger charge is -2.34. The average Bonchev–Trinajstić information content (AvgIpc) is 3.08. The molecule has 7 nitrogen and oxygen atoms in total. The third-order valence-corrected chi connectivity index (χ3v) is 6.10. The second-order valence-electron chi connectivity index (χ2n) is 8.75. The van der Waals surface area contributed by atoms with Crippen molar-refractivity contribution in [3.8, 4) is 5.95 Å². The summed E-state index contributed by atoms with van der Waals surface area (Å²) in [7, 11) is 1.67. The second kappa shape index (κ2) is 9.16. The molecular weight excluding hydrogens is 404 g/mol. The molecule has 3 heterocycles. The molecule has 2 aliphatic rings. The van der Waals surface area contributed by atoms with Crippen molar-refractivity contribution in [2.45, 2.75) is 58.0 Å².